The van der Waals surface area contributed by atoms with E-state index in [9.17, 15) is 0 Å². The molecule has 0 aliphatic carbocycles. The molecule has 3 nitrogen and oxygen atoms in total. The summed E-state index contributed by atoms with van der Waals surface area (Å²) in [4.78, 5) is 4.69. The summed E-state index contributed by atoms with van der Waals surface area (Å²) in [6.07, 6.45) is 4.15. The van der Waals surface area contributed by atoms with Crippen molar-refractivity contribution in [2.24, 2.45) is 0 Å². The summed E-state index contributed by atoms with van der Waals surface area (Å²) in [5.74, 6) is 0. The van der Waals surface area contributed by atoms with E-state index >= 15 is 0 Å². The third kappa shape index (κ3) is 3.29. The second kappa shape index (κ2) is 6.71. The molecular formula is C21H17ClN2O. The van der Waals surface area contributed by atoms with E-state index in [0.717, 1.165) is 38.6 Å². The predicted molar refractivity (Wildman–Crippen MR) is 102 cm³/mol. The number of benzene rings is 2. The van der Waals surface area contributed by atoms with Crippen LogP contribution in [0.1, 0.15) is 5.56 Å². The number of nitrogens with zero attached hydrogens (tertiary/aromatic N) is 2. The third-order valence-corrected chi connectivity index (χ3v) is 4.41. The SMILES string of the molecule is COCc1cccc(-c2ccc3nc(-c4ccc(Cl)cc4)cn3c2)c1. The topological polar surface area (TPSA) is 26.5 Å². The van der Waals surface area contributed by atoms with Gasteiger partial charge in [-0.1, -0.05) is 41.9 Å². The van der Waals surface area contributed by atoms with E-state index in [1.807, 2.05) is 36.5 Å². The number of rotatable bonds is 4. The Morgan fingerprint density at radius 2 is 1.72 bits per heavy atom. The molecule has 0 atom stereocenters. The molecule has 0 N–H and O–H groups in total. The Morgan fingerprint density at radius 1 is 0.920 bits per heavy atom. The maximum absolute atomic E-state index is 5.97. The molecule has 2 heterocycles. The Hall–Kier alpha value is -2.62. The Bertz CT molecular complexity index is 1020. The zero-order valence-corrected chi connectivity index (χ0v) is 14.6. The van der Waals surface area contributed by atoms with E-state index in [0.29, 0.717) is 6.61 Å². The van der Waals surface area contributed by atoms with Crippen molar-refractivity contribution >= 4 is 17.2 Å². The molecule has 0 aliphatic heterocycles. The molecule has 0 saturated heterocycles. The van der Waals surface area contributed by atoms with Crippen LogP contribution >= 0.6 is 11.6 Å². The second-order valence-electron chi connectivity index (χ2n) is 5.95. The van der Waals surface area contributed by atoms with Gasteiger partial charge in [0.25, 0.3) is 0 Å². The molecule has 4 rings (SSSR count). The summed E-state index contributed by atoms with van der Waals surface area (Å²) in [7, 11) is 1.71. The zero-order valence-electron chi connectivity index (χ0n) is 13.8. The van der Waals surface area contributed by atoms with Gasteiger partial charge in [0, 0.05) is 30.1 Å². The van der Waals surface area contributed by atoms with E-state index < -0.39 is 0 Å². The number of fused-ring (bicyclic) bond motifs is 1. The van der Waals surface area contributed by atoms with Gasteiger partial charge in [-0.3, -0.25) is 0 Å². The standard InChI is InChI=1S/C21H17ClN2O/c1-25-14-15-3-2-4-17(11-15)18-7-10-21-23-20(13-24(21)12-18)16-5-8-19(22)9-6-16/h2-13H,14H2,1H3. The molecule has 124 valence electrons. The van der Waals surface area contributed by atoms with Gasteiger partial charge >= 0.3 is 0 Å². The van der Waals surface area contributed by atoms with Gasteiger partial charge in [-0.25, -0.2) is 4.98 Å². The first kappa shape index (κ1) is 15.9. The van der Waals surface area contributed by atoms with Gasteiger partial charge in [0.05, 0.1) is 12.3 Å². The molecular weight excluding hydrogens is 332 g/mol. The van der Waals surface area contributed by atoms with Crippen LogP contribution < -0.4 is 0 Å². The van der Waals surface area contributed by atoms with Crippen molar-refractivity contribution in [2.75, 3.05) is 7.11 Å². The smallest absolute Gasteiger partial charge is 0.137 e. The highest BCUT2D eigenvalue weighted by molar-refractivity contribution is 6.30. The zero-order chi connectivity index (χ0) is 17.2. The van der Waals surface area contributed by atoms with E-state index in [1.165, 1.54) is 0 Å². The molecule has 4 aromatic rings. The van der Waals surface area contributed by atoms with E-state index in [-0.39, 0.29) is 0 Å². The molecule has 0 saturated carbocycles. The Balaban J connectivity index is 1.73. The first-order chi connectivity index (χ1) is 12.2. The van der Waals surface area contributed by atoms with Crippen molar-refractivity contribution in [3.63, 3.8) is 0 Å². The van der Waals surface area contributed by atoms with Crippen molar-refractivity contribution in [1.29, 1.82) is 0 Å². The van der Waals surface area contributed by atoms with Gasteiger partial charge in [0.1, 0.15) is 5.65 Å². The lowest BCUT2D eigenvalue weighted by molar-refractivity contribution is 0.185. The maximum atomic E-state index is 5.97. The quantitative estimate of drug-likeness (QED) is 0.489. The van der Waals surface area contributed by atoms with Gasteiger partial charge in [-0.2, -0.15) is 0 Å². The number of aromatic nitrogens is 2. The molecule has 0 amide bonds. The van der Waals surface area contributed by atoms with Gasteiger partial charge in [0.2, 0.25) is 0 Å². The Morgan fingerprint density at radius 3 is 2.52 bits per heavy atom. The largest absolute Gasteiger partial charge is 0.380 e. The molecule has 2 aromatic heterocycles. The minimum atomic E-state index is 0.613. The highest BCUT2D eigenvalue weighted by atomic mass is 35.5. The lowest BCUT2D eigenvalue weighted by atomic mass is 10.1. The summed E-state index contributed by atoms with van der Waals surface area (Å²) >= 11 is 5.97. The first-order valence-electron chi connectivity index (χ1n) is 8.06. The van der Waals surface area contributed by atoms with E-state index in [2.05, 4.69) is 40.9 Å². The summed E-state index contributed by atoms with van der Waals surface area (Å²) in [6.45, 7) is 0.613. The average Bonchev–Trinajstić information content (AvgIpc) is 3.06. The lowest BCUT2D eigenvalue weighted by Crippen LogP contribution is -1.89. The summed E-state index contributed by atoms with van der Waals surface area (Å²) < 4.78 is 7.28. The molecule has 0 aliphatic rings. The van der Waals surface area contributed by atoms with Gasteiger partial charge < -0.3 is 9.14 Å². The number of halogens is 1. The number of ether oxygens (including phenoxy) is 1. The van der Waals surface area contributed by atoms with Crippen molar-refractivity contribution in [2.45, 2.75) is 6.61 Å². The minimum Gasteiger partial charge on any atom is -0.380 e. The van der Waals surface area contributed by atoms with Crippen LogP contribution in [0.2, 0.25) is 5.02 Å². The molecule has 2 aromatic carbocycles. The maximum Gasteiger partial charge on any atom is 0.137 e. The summed E-state index contributed by atoms with van der Waals surface area (Å²) in [6, 6.07) is 20.3. The van der Waals surface area contributed by atoms with Crippen LogP contribution in [0.5, 0.6) is 0 Å². The van der Waals surface area contributed by atoms with Crippen molar-refractivity contribution in [3.05, 3.63) is 83.6 Å². The molecule has 0 radical (unpaired) electrons. The van der Waals surface area contributed by atoms with Gasteiger partial charge in [-0.15, -0.1) is 0 Å². The van der Waals surface area contributed by atoms with Crippen LogP contribution in [0.3, 0.4) is 0 Å². The number of hydrogen-bond acceptors (Lipinski definition) is 2. The van der Waals surface area contributed by atoms with Crippen LogP contribution in [0, 0.1) is 0 Å². The van der Waals surface area contributed by atoms with Gasteiger partial charge in [-0.05, 0) is 47.0 Å². The summed E-state index contributed by atoms with van der Waals surface area (Å²) in [5, 5.41) is 0.728. The Kier molecular flexibility index (Phi) is 4.26. The molecule has 0 spiro atoms. The van der Waals surface area contributed by atoms with Crippen molar-refractivity contribution in [3.8, 4) is 22.4 Å². The first-order valence-corrected chi connectivity index (χ1v) is 8.44. The predicted octanol–water partition coefficient (Wildman–Crippen LogP) is 5.47. The molecule has 0 bridgehead atoms. The number of pyridine rings is 1. The number of imidazole rings is 1. The highest BCUT2D eigenvalue weighted by Crippen LogP contribution is 2.25. The third-order valence-electron chi connectivity index (χ3n) is 4.16. The van der Waals surface area contributed by atoms with E-state index in [4.69, 9.17) is 21.3 Å². The molecule has 0 unspecified atom stereocenters. The van der Waals surface area contributed by atoms with Crippen LogP contribution in [-0.4, -0.2) is 16.5 Å². The van der Waals surface area contributed by atoms with Crippen LogP contribution in [0.4, 0.5) is 0 Å². The molecule has 0 fully saturated rings. The fraction of sp³-hybridized carbons (Fsp3) is 0.0952. The van der Waals surface area contributed by atoms with Crippen molar-refractivity contribution < 1.29 is 4.74 Å². The fourth-order valence-electron chi connectivity index (χ4n) is 2.93. The Labute approximate surface area is 151 Å². The number of hydrogen-bond donors (Lipinski definition) is 0. The second-order valence-corrected chi connectivity index (χ2v) is 6.39. The highest BCUT2D eigenvalue weighted by Gasteiger charge is 2.06. The van der Waals surface area contributed by atoms with Crippen molar-refractivity contribution in [1.82, 2.24) is 9.38 Å². The fourth-order valence-corrected chi connectivity index (χ4v) is 3.06. The normalized spacial score (nSPS) is 11.1. The lowest BCUT2D eigenvalue weighted by Gasteiger charge is -2.05. The van der Waals surface area contributed by atoms with Gasteiger partial charge in [0.15, 0.2) is 0 Å². The van der Waals surface area contributed by atoms with Crippen LogP contribution in [0.15, 0.2) is 73.1 Å². The minimum absolute atomic E-state index is 0.613. The number of methoxy groups -OCH3 is 1. The average molecular weight is 349 g/mol. The van der Waals surface area contributed by atoms with Crippen LogP contribution in [0.25, 0.3) is 28.0 Å². The molecule has 25 heavy (non-hydrogen) atoms. The van der Waals surface area contributed by atoms with Crippen LogP contribution in [-0.2, 0) is 11.3 Å². The monoisotopic (exact) mass is 348 g/mol. The summed E-state index contributed by atoms with van der Waals surface area (Å²) in [5.41, 5.74) is 6.37. The molecule has 4 heteroatoms. The van der Waals surface area contributed by atoms with E-state index in [1.54, 1.807) is 7.11 Å².